The van der Waals surface area contributed by atoms with E-state index in [1.165, 1.54) is 0 Å². The van der Waals surface area contributed by atoms with Crippen molar-refractivity contribution in [1.29, 1.82) is 0 Å². The van der Waals surface area contributed by atoms with Crippen LogP contribution in [0.3, 0.4) is 0 Å². The summed E-state index contributed by atoms with van der Waals surface area (Å²) >= 11 is 0. The van der Waals surface area contributed by atoms with E-state index in [2.05, 4.69) is 22.0 Å². The van der Waals surface area contributed by atoms with Crippen molar-refractivity contribution in [3.05, 3.63) is 33.7 Å². The number of hydrogen-bond donors (Lipinski definition) is 1. The smallest absolute Gasteiger partial charge is 0.198 e. The maximum absolute atomic E-state index is 5.88. The fourth-order valence-corrected chi connectivity index (χ4v) is 4.20. The van der Waals surface area contributed by atoms with Crippen molar-refractivity contribution in [1.82, 2.24) is 20.4 Å². The lowest BCUT2D eigenvalue weighted by Crippen LogP contribution is -2.46. The van der Waals surface area contributed by atoms with E-state index in [0.717, 1.165) is 78.5 Å². The van der Waals surface area contributed by atoms with Crippen molar-refractivity contribution in [2.45, 2.75) is 57.4 Å². The van der Waals surface area contributed by atoms with Gasteiger partial charge in [-0.05, 0) is 39.5 Å². The van der Waals surface area contributed by atoms with E-state index >= 15 is 0 Å². The predicted molar refractivity (Wildman–Crippen MR) is 101 cm³/mol. The SMILES string of the molecule is C=c1nc([C@@H]2CC[C@H]2c2nc(C)c(C)o2)nc2c1=CNN2C1CCOCC1. The molecule has 1 saturated heterocycles. The molecule has 7 nitrogen and oxygen atoms in total. The summed E-state index contributed by atoms with van der Waals surface area (Å²) in [6.07, 6.45) is 6.07. The van der Waals surface area contributed by atoms with Crippen molar-refractivity contribution < 1.29 is 9.15 Å². The molecule has 0 spiro atoms. The van der Waals surface area contributed by atoms with Crippen molar-refractivity contribution in [2.24, 2.45) is 0 Å². The van der Waals surface area contributed by atoms with Crippen LogP contribution in [0, 0.1) is 13.8 Å². The molecule has 0 radical (unpaired) electrons. The lowest BCUT2D eigenvalue weighted by atomic mass is 9.73. The summed E-state index contributed by atoms with van der Waals surface area (Å²) in [5.41, 5.74) is 4.33. The quantitative estimate of drug-likeness (QED) is 0.879. The van der Waals surface area contributed by atoms with E-state index in [4.69, 9.17) is 19.1 Å². The lowest BCUT2D eigenvalue weighted by Gasteiger charge is -2.35. The molecule has 7 heteroatoms. The number of nitrogens with zero attached hydrogens (tertiary/aromatic N) is 4. The average molecular weight is 367 g/mol. The summed E-state index contributed by atoms with van der Waals surface area (Å²) in [7, 11) is 0. The highest BCUT2D eigenvalue weighted by molar-refractivity contribution is 5.52. The summed E-state index contributed by atoms with van der Waals surface area (Å²) in [6, 6.07) is 0.382. The van der Waals surface area contributed by atoms with Gasteiger partial charge in [-0.1, -0.05) is 6.58 Å². The van der Waals surface area contributed by atoms with Gasteiger partial charge < -0.3 is 14.6 Å². The molecule has 0 bridgehead atoms. The van der Waals surface area contributed by atoms with Crippen LogP contribution in [0.15, 0.2) is 4.42 Å². The van der Waals surface area contributed by atoms with Gasteiger partial charge in [0.25, 0.3) is 0 Å². The van der Waals surface area contributed by atoms with Crippen LogP contribution >= 0.6 is 0 Å². The van der Waals surface area contributed by atoms with E-state index < -0.39 is 0 Å². The Morgan fingerprint density at radius 3 is 2.52 bits per heavy atom. The Labute approximate surface area is 158 Å². The maximum Gasteiger partial charge on any atom is 0.198 e. The molecule has 27 heavy (non-hydrogen) atoms. The highest BCUT2D eigenvalue weighted by Gasteiger charge is 2.40. The van der Waals surface area contributed by atoms with Gasteiger partial charge in [-0.25, -0.2) is 15.0 Å². The molecule has 142 valence electrons. The first-order valence-electron chi connectivity index (χ1n) is 9.76. The molecule has 1 N–H and O–H groups in total. The zero-order valence-corrected chi connectivity index (χ0v) is 15.9. The van der Waals surface area contributed by atoms with Gasteiger partial charge in [0.1, 0.15) is 11.6 Å². The van der Waals surface area contributed by atoms with Crippen LogP contribution in [0.1, 0.15) is 60.7 Å². The number of anilines is 1. The normalized spacial score (nSPS) is 24.9. The Balaban J connectivity index is 1.47. The first-order valence-corrected chi connectivity index (χ1v) is 9.76. The fourth-order valence-electron chi connectivity index (χ4n) is 4.20. The van der Waals surface area contributed by atoms with Gasteiger partial charge in [0.2, 0.25) is 0 Å². The number of ether oxygens (including phenoxy) is 1. The van der Waals surface area contributed by atoms with Gasteiger partial charge in [-0.2, -0.15) is 0 Å². The molecule has 2 aromatic heterocycles. The largest absolute Gasteiger partial charge is 0.445 e. The standard InChI is InChI=1S/C20H25N5O2/c1-11-13(3)27-20(23-11)16-5-4-15(16)18-22-12(2)17-10-21-25(19(17)24-18)14-6-8-26-9-7-14/h10,14-16,21H,2,4-9H2,1,3H3/t15-,16-/m1/s1. The topological polar surface area (TPSA) is 76.3 Å². The number of hydrazine groups is 1. The van der Waals surface area contributed by atoms with Gasteiger partial charge in [-0.3, -0.25) is 5.01 Å². The molecule has 2 aromatic rings. The van der Waals surface area contributed by atoms with Gasteiger partial charge in [0.05, 0.1) is 22.3 Å². The van der Waals surface area contributed by atoms with Crippen molar-refractivity contribution in [3.8, 4) is 0 Å². The molecule has 0 unspecified atom stereocenters. The Kier molecular flexibility index (Phi) is 3.93. The molecule has 0 aromatic carbocycles. The van der Waals surface area contributed by atoms with Crippen LogP contribution in [0.25, 0.3) is 12.8 Å². The summed E-state index contributed by atoms with van der Waals surface area (Å²) in [5, 5.41) is 3.94. The Bertz CT molecular complexity index is 959. The average Bonchev–Trinajstić information content (AvgIpc) is 3.19. The van der Waals surface area contributed by atoms with Crippen LogP contribution in [0.5, 0.6) is 0 Å². The molecule has 0 amide bonds. The maximum atomic E-state index is 5.88. The van der Waals surface area contributed by atoms with Gasteiger partial charge in [0, 0.05) is 31.2 Å². The minimum Gasteiger partial charge on any atom is -0.445 e. The molecule has 4 heterocycles. The summed E-state index contributed by atoms with van der Waals surface area (Å²) in [5.74, 6) is 4.02. The summed E-state index contributed by atoms with van der Waals surface area (Å²) in [4.78, 5) is 14.3. The van der Waals surface area contributed by atoms with E-state index in [9.17, 15) is 0 Å². The Hall–Kier alpha value is -2.41. The zero-order chi connectivity index (χ0) is 18.5. The van der Waals surface area contributed by atoms with Gasteiger partial charge >= 0.3 is 0 Å². The number of rotatable bonds is 3. The summed E-state index contributed by atoms with van der Waals surface area (Å²) in [6.45, 7) is 9.72. The molecular formula is C20H25N5O2. The summed E-state index contributed by atoms with van der Waals surface area (Å²) < 4.78 is 11.4. The third-order valence-electron chi connectivity index (χ3n) is 6.12. The molecule has 3 aliphatic rings. The molecule has 2 fully saturated rings. The zero-order valence-electron chi connectivity index (χ0n) is 15.9. The third kappa shape index (κ3) is 2.72. The first kappa shape index (κ1) is 16.7. The lowest BCUT2D eigenvalue weighted by molar-refractivity contribution is 0.0832. The Morgan fingerprint density at radius 2 is 1.85 bits per heavy atom. The van der Waals surface area contributed by atoms with Crippen LogP contribution < -0.4 is 21.0 Å². The highest BCUT2D eigenvalue weighted by atomic mass is 16.5. The second-order valence-electron chi connectivity index (χ2n) is 7.74. The number of aryl methyl sites for hydroxylation is 2. The van der Waals surface area contributed by atoms with E-state index in [1.807, 2.05) is 20.0 Å². The number of aromatic nitrogens is 3. The van der Waals surface area contributed by atoms with Crippen LogP contribution in [-0.2, 0) is 4.74 Å². The molecule has 5 rings (SSSR count). The number of fused-ring (bicyclic) bond motifs is 1. The van der Waals surface area contributed by atoms with Crippen molar-refractivity contribution >= 4 is 18.6 Å². The van der Waals surface area contributed by atoms with E-state index in [1.54, 1.807) is 0 Å². The minimum absolute atomic E-state index is 0.241. The van der Waals surface area contributed by atoms with Gasteiger partial charge in [0.15, 0.2) is 11.7 Å². The Morgan fingerprint density at radius 1 is 1.07 bits per heavy atom. The van der Waals surface area contributed by atoms with Gasteiger partial charge in [-0.15, -0.1) is 0 Å². The number of oxazole rings is 1. The fraction of sp³-hybridized carbons (Fsp3) is 0.550. The number of hydrogen-bond acceptors (Lipinski definition) is 7. The van der Waals surface area contributed by atoms with Crippen LogP contribution in [0.4, 0.5) is 5.82 Å². The monoisotopic (exact) mass is 367 g/mol. The predicted octanol–water partition coefficient (Wildman–Crippen LogP) is 1.39. The molecule has 1 aliphatic carbocycles. The molecule has 2 aliphatic heterocycles. The van der Waals surface area contributed by atoms with Crippen molar-refractivity contribution in [3.63, 3.8) is 0 Å². The van der Waals surface area contributed by atoms with Crippen LogP contribution in [0.2, 0.25) is 0 Å². The molecule has 1 saturated carbocycles. The van der Waals surface area contributed by atoms with Crippen LogP contribution in [-0.4, -0.2) is 34.2 Å². The molecular weight excluding hydrogens is 342 g/mol. The third-order valence-corrected chi connectivity index (χ3v) is 6.12. The second kappa shape index (κ2) is 6.34. The van der Waals surface area contributed by atoms with E-state index in [0.29, 0.717) is 6.04 Å². The highest BCUT2D eigenvalue weighted by Crippen LogP contribution is 2.47. The second-order valence-corrected chi connectivity index (χ2v) is 7.74. The number of nitrogens with one attached hydrogen (secondary N) is 1. The minimum atomic E-state index is 0.241. The molecule has 2 atom stereocenters. The first-order chi connectivity index (χ1) is 13.1. The van der Waals surface area contributed by atoms with E-state index in [-0.39, 0.29) is 11.8 Å². The van der Waals surface area contributed by atoms with Crippen molar-refractivity contribution in [2.75, 3.05) is 18.2 Å².